The first-order valence-electron chi connectivity index (χ1n) is 5.90. The average Bonchev–Trinajstić information content (AvgIpc) is 2.98. The predicted octanol–water partition coefficient (Wildman–Crippen LogP) is 1.16. The number of ether oxygens (including phenoxy) is 1. The first-order chi connectivity index (χ1) is 8.74. The summed E-state index contributed by atoms with van der Waals surface area (Å²) in [5.41, 5.74) is 0. The van der Waals surface area contributed by atoms with E-state index in [0.717, 1.165) is 19.5 Å². The van der Waals surface area contributed by atoms with E-state index in [0.29, 0.717) is 24.1 Å². The first kappa shape index (κ1) is 11.5. The molecule has 2 aliphatic rings. The molecule has 2 saturated heterocycles. The van der Waals surface area contributed by atoms with Crippen molar-refractivity contribution in [1.29, 1.82) is 0 Å². The Labute approximate surface area is 110 Å². The molecule has 1 aromatic heterocycles. The molecule has 2 aliphatic heterocycles. The van der Waals surface area contributed by atoms with E-state index in [1.165, 1.54) is 0 Å². The summed E-state index contributed by atoms with van der Waals surface area (Å²) in [4.78, 5) is 23.7. The summed E-state index contributed by atoms with van der Waals surface area (Å²) in [6.07, 6.45) is 3.88. The lowest BCUT2D eigenvalue weighted by Crippen LogP contribution is -2.38. The van der Waals surface area contributed by atoms with Gasteiger partial charge in [0.15, 0.2) is 0 Å². The van der Waals surface area contributed by atoms with Crippen molar-refractivity contribution in [3.05, 3.63) is 17.4 Å². The maximum Gasteiger partial charge on any atom is 0.410 e. The van der Waals surface area contributed by atoms with Crippen LogP contribution in [-0.2, 0) is 4.74 Å². The molecule has 18 heavy (non-hydrogen) atoms. The summed E-state index contributed by atoms with van der Waals surface area (Å²) in [6.45, 7) is 2.76. The van der Waals surface area contributed by atoms with Crippen LogP contribution >= 0.6 is 11.6 Å². The van der Waals surface area contributed by atoms with Gasteiger partial charge in [-0.3, -0.25) is 4.90 Å². The van der Waals surface area contributed by atoms with Gasteiger partial charge in [-0.15, -0.1) is 0 Å². The third kappa shape index (κ3) is 2.08. The van der Waals surface area contributed by atoms with E-state index in [2.05, 4.69) is 14.9 Å². The molecule has 1 aromatic rings. The maximum absolute atomic E-state index is 11.5. The highest BCUT2D eigenvalue weighted by molar-refractivity contribution is 6.30. The Kier molecular flexibility index (Phi) is 2.95. The Balaban J connectivity index is 1.68. The fourth-order valence-corrected chi connectivity index (χ4v) is 2.48. The Morgan fingerprint density at radius 3 is 2.78 bits per heavy atom. The highest BCUT2D eigenvalue weighted by atomic mass is 35.5. The van der Waals surface area contributed by atoms with Crippen LogP contribution in [0.15, 0.2) is 12.4 Å². The largest absolute Gasteiger partial charge is 0.448 e. The molecule has 0 spiro atoms. The summed E-state index contributed by atoms with van der Waals surface area (Å²) in [5, 5.41) is 0.526. The Morgan fingerprint density at radius 1 is 1.33 bits per heavy atom. The van der Waals surface area contributed by atoms with E-state index in [-0.39, 0.29) is 12.1 Å². The van der Waals surface area contributed by atoms with Gasteiger partial charge in [0.05, 0.1) is 30.0 Å². The molecule has 3 heterocycles. The minimum absolute atomic E-state index is 0.194. The lowest BCUT2D eigenvalue weighted by molar-refractivity contribution is 0.150. The summed E-state index contributed by atoms with van der Waals surface area (Å²) >= 11 is 5.76. The van der Waals surface area contributed by atoms with Crippen molar-refractivity contribution in [1.82, 2.24) is 14.9 Å². The van der Waals surface area contributed by atoms with Crippen molar-refractivity contribution in [2.75, 3.05) is 31.1 Å². The van der Waals surface area contributed by atoms with Crippen LogP contribution in [-0.4, -0.2) is 53.2 Å². The molecule has 6 nitrogen and oxygen atoms in total. The van der Waals surface area contributed by atoms with E-state index >= 15 is 0 Å². The first-order valence-corrected chi connectivity index (χ1v) is 6.28. The van der Waals surface area contributed by atoms with Crippen LogP contribution in [0.25, 0.3) is 0 Å². The molecular weight excluding hydrogens is 256 g/mol. The standard InChI is InChI=1S/C11H13ClN4O2/c12-8-5-13-10(14-6-8)15-2-1-9(7-15)16-3-4-18-11(16)17/h5-6,9H,1-4,7H2. The highest BCUT2D eigenvalue weighted by Crippen LogP contribution is 2.22. The maximum atomic E-state index is 11.5. The van der Waals surface area contributed by atoms with Gasteiger partial charge < -0.3 is 9.64 Å². The number of cyclic esters (lactones) is 1. The second-order valence-corrected chi connectivity index (χ2v) is 4.83. The van der Waals surface area contributed by atoms with Crippen molar-refractivity contribution in [3.8, 4) is 0 Å². The van der Waals surface area contributed by atoms with Crippen LogP contribution in [0.2, 0.25) is 5.02 Å². The van der Waals surface area contributed by atoms with Gasteiger partial charge in [-0.25, -0.2) is 14.8 Å². The van der Waals surface area contributed by atoms with Gasteiger partial charge in [-0.05, 0) is 6.42 Å². The molecule has 1 atom stereocenters. The quantitative estimate of drug-likeness (QED) is 0.806. The number of carbonyl (C=O) groups is 1. The summed E-state index contributed by atoms with van der Waals surface area (Å²) < 4.78 is 4.95. The van der Waals surface area contributed by atoms with Crippen molar-refractivity contribution >= 4 is 23.6 Å². The zero-order chi connectivity index (χ0) is 12.5. The fraction of sp³-hybridized carbons (Fsp3) is 0.545. The molecule has 2 fully saturated rings. The van der Waals surface area contributed by atoms with Crippen molar-refractivity contribution in [3.63, 3.8) is 0 Å². The van der Waals surface area contributed by atoms with Crippen LogP contribution < -0.4 is 4.90 Å². The molecule has 0 radical (unpaired) electrons. The summed E-state index contributed by atoms with van der Waals surface area (Å²) in [5.74, 6) is 0.662. The number of halogens is 1. The SMILES string of the molecule is O=C1OCCN1C1CCN(c2ncc(Cl)cn2)C1. The van der Waals surface area contributed by atoms with Crippen molar-refractivity contribution in [2.24, 2.45) is 0 Å². The molecule has 0 aliphatic carbocycles. The van der Waals surface area contributed by atoms with Crippen molar-refractivity contribution < 1.29 is 9.53 Å². The van der Waals surface area contributed by atoms with Crippen LogP contribution in [0.3, 0.4) is 0 Å². The number of aromatic nitrogens is 2. The Hall–Kier alpha value is -1.56. The van der Waals surface area contributed by atoms with E-state index in [9.17, 15) is 4.79 Å². The third-order valence-electron chi connectivity index (χ3n) is 3.29. The molecule has 1 unspecified atom stereocenters. The highest BCUT2D eigenvalue weighted by Gasteiger charge is 2.35. The minimum atomic E-state index is -0.209. The molecule has 96 valence electrons. The smallest absolute Gasteiger partial charge is 0.410 e. The zero-order valence-electron chi connectivity index (χ0n) is 9.75. The molecule has 0 bridgehead atoms. The number of hydrogen-bond donors (Lipinski definition) is 0. The normalized spacial score (nSPS) is 23.6. The van der Waals surface area contributed by atoms with E-state index in [1.807, 2.05) is 0 Å². The van der Waals surface area contributed by atoms with Gasteiger partial charge in [0.2, 0.25) is 5.95 Å². The van der Waals surface area contributed by atoms with E-state index < -0.39 is 0 Å². The molecule has 1 amide bonds. The number of carbonyl (C=O) groups excluding carboxylic acids is 1. The van der Waals surface area contributed by atoms with Gasteiger partial charge in [0.25, 0.3) is 0 Å². The van der Waals surface area contributed by atoms with Gasteiger partial charge in [0.1, 0.15) is 6.61 Å². The van der Waals surface area contributed by atoms with Crippen LogP contribution in [0.5, 0.6) is 0 Å². The van der Waals surface area contributed by atoms with Crippen LogP contribution in [0.4, 0.5) is 10.7 Å². The number of nitrogens with zero attached hydrogens (tertiary/aromatic N) is 4. The predicted molar refractivity (Wildman–Crippen MR) is 65.7 cm³/mol. The molecule has 7 heteroatoms. The van der Waals surface area contributed by atoms with Crippen LogP contribution in [0, 0.1) is 0 Å². The van der Waals surface area contributed by atoms with Gasteiger partial charge in [-0.1, -0.05) is 11.6 Å². The van der Waals surface area contributed by atoms with E-state index in [4.69, 9.17) is 16.3 Å². The Morgan fingerprint density at radius 2 is 2.11 bits per heavy atom. The number of amides is 1. The second kappa shape index (κ2) is 4.61. The molecule has 3 rings (SSSR count). The minimum Gasteiger partial charge on any atom is -0.448 e. The third-order valence-corrected chi connectivity index (χ3v) is 3.48. The van der Waals surface area contributed by atoms with Crippen LogP contribution in [0.1, 0.15) is 6.42 Å². The zero-order valence-corrected chi connectivity index (χ0v) is 10.5. The number of rotatable bonds is 2. The Bertz CT molecular complexity index is 453. The fourth-order valence-electron chi connectivity index (χ4n) is 2.38. The molecule has 0 aromatic carbocycles. The van der Waals surface area contributed by atoms with E-state index in [1.54, 1.807) is 17.3 Å². The summed E-state index contributed by atoms with van der Waals surface area (Å²) in [6, 6.07) is 0.194. The molecule has 0 N–H and O–H groups in total. The number of hydrogen-bond acceptors (Lipinski definition) is 5. The molecular formula is C11H13ClN4O2. The van der Waals surface area contributed by atoms with Gasteiger partial charge in [-0.2, -0.15) is 0 Å². The molecule has 0 saturated carbocycles. The lowest BCUT2D eigenvalue weighted by Gasteiger charge is -2.21. The topological polar surface area (TPSA) is 58.6 Å². The summed E-state index contributed by atoms with van der Waals surface area (Å²) in [7, 11) is 0. The number of anilines is 1. The van der Waals surface area contributed by atoms with Gasteiger partial charge >= 0.3 is 6.09 Å². The lowest BCUT2D eigenvalue weighted by atomic mass is 10.2. The van der Waals surface area contributed by atoms with Crippen molar-refractivity contribution in [2.45, 2.75) is 12.5 Å². The van der Waals surface area contributed by atoms with Gasteiger partial charge in [0, 0.05) is 13.1 Å². The second-order valence-electron chi connectivity index (χ2n) is 4.40. The monoisotopic (exact) mass is 268 g/mol. The average molecular weight is 269 g/mol.